The Morgan fingerprint density at radius 1 is 1.17 bits per heavy atom. The molecule has 186 valence electrons. The summed E-state index contributed by atoms with van der Waals surface area (Å²) in [7, 11) is 0. The molecule has 3 aliphatic carbocycles. The number of aliphatic hydroxyl groups is 3. The third kappa shape index (κ3) is 4.26. The molecular formula is C25H32N6O3S. The highest BCUT2D eigenvalue weighted by molar-refractivity contribution is 7.21. The smallest absolute Gasteiger partial charge is 0.225 e. The van der Waals surface area contributed by atoms with Gasteiger partial charge in [-0.25, -0.2) is 9.97 Å². The molecule has 0 radical (unpaired) electrons. The maximum atomic E-state index is 11.3. The molecule has 6 rings (SSSR count). The molecule has 9 nitrogen and oxygen atoms in total. The van der Waals surface area contributed by atoms with E-state index in [9.17, 15) is 15.3 Å². The van der Waals surface area contributed by atoms with E-state index in [-0.39, 0.29) is 18.6 Å². The predicted octanol–water partition coefficient (Wildman–Crippen LogP) is 3.41. The number of hydrogen-bond acceptors (Lipinski definition) is 10. The Labute approximate surface area is 208 Å². The number of aliphatic hydroxyl groups excluding tert-OH is 2. The number of rotatable bonds is 8. The van der Waals surface area contributed by atoms with Crippen LogP contribution in [0.5, 0.6) is 0 Å². The minimum Gasteiger partial charge on any atom is -0.396 e. The first-order valence-electron chi connectivity index (χ1n) is 12.6. The van der Waals surface area contributed by atoms with E-state index >= 15 is 0 Å². The van der Waals surface area contributed by atoms with Crippen molar-refractivity contribution in [2.75, 3.05) is 17.2 Å². The van der Waals surface area contributed by atoms with Crippen LogP contribution < -0.4 is 10.6 Å². The predicted molar refractivity (Wildman–Crippen MR) is 135 cm³/mol. The van der Waals surface area contributed by atoms with Gasteiger partial charge in [0.2, 0.25) is 5.95 Å². The van der Waals surface area contributed by atoms with Crippen LogP contribution in [0.15, 0.2) is 12.3 Å². The molecule has 0 aromatic carbocycles. The lowest BCUT2D eigenvalue weighted by Gasteiger charge is -2.31. The van der Waals surface area contributed by atoms with Gasteiger partial charge < -0.3 is 26.0 Å². The molecule has 3 fully saturated rings. The first-order valence-corrected chi connectivity index (χ1v) is 13.4. The van der Waals surface area contributed by atoms with Gasteiger partial charge in [0.15, 0.2) is 5.72 Å². The third-order valence-corrected chi connectivity index (χ3v) is 8.73. The van der Waals surface area contributed by atoms with Crippen LogP contribution in [0.3, 0.4) is 0 Å². The fourth-order valence-corrected chi connectivity index (χ4v) is 6.24. The highest BCUT2D eigenvalue weighted by Gasteiger charge is 2.47. The van der Waals surface area contributed by atoms with Crippen LogP contribution in [0.25, 0.3) is 20.8 Å². The Kier molecular flexibility index (Phi) is 5.67. The number of pyridine rings is 1. The third-order valence-electron chi connectivity index (χ3n) is 7.69. The lowest BCUT2D eigenvalue weighted by Crippen LogP contribution is -2.48. The zero-order chi connectivity index (χ0) is 24.3. The van der Waals surface area contributed by atoms with Gasteiger partial charge in [0.1, 0.15) is 22.4 Å². The van der Waals surface area contributed by atoms with Crippen LogP contribution in [0.1, 0.15) is 62.8 Å². The molecule has 3 aromatic heterocycles. The Bertz CT molecular complexity index is 1260. The average Bonchev–Trinajstić information content (AvgIpc) is 3.75. The minimum absolute atomic E-state index is 0.179. The molecule has 4 atom stereocenters. The van der Waals surface area contributed by atoms with E-state index in [1.807, 2.05) is 19.2 Å². The summed E-state index contributed by atoms with van der Waals surface area (Å²) < 4.78 is 1.06. The van der Waals surface area contributed by atoms with E-state index in [0.29, 0.717) is 42.0 Å². The highest BCUT2D eigenvalue weighted by atomic mass is 32.1. The number of thiazole rings is 1. The van der Waals surface area contributed by atoms with Crippen LogP contribution in [-0.4, -0.2) is 59.7 Å². The van der Waals surface area contributed by atoms with E-state index < -0.39 is 11.8 Å². The summed E-state index contributed by atoms with van der Waals surface area (Å²) in [4.78, 5) is 19.1. The Morgan fingerprint density at radius 2 is 1.97 bits per heavy atom. The summed E-state index contributed by atoms with van der Waals surface area (Å²) in [6.45, 7) is 3.88. The molecule has 3 saturated carbocycles. The summed E-state index contributed by atoms with van der Waals surface area (Å²) in [6, 6.07) is 2.24. The van der Waals surface area contributed by atoms with Crippen LogP contribution in [0.2, 0.25) is 0 Å². The van der Waals surface area contributed by atoms with Crippen molar-refractivity contribution in [1.29, 1.82) is 0 Å². The minimum atomic E-state index is -1.60. The largest absolute Gasteiger partial charge is 0.396 e. The van der Waals surface area contributed by atoms with Crippen molar-refractivity contribution in [2.45, 2.75) is 76.2 Å². The topological polar surface area (TPSA) is 136 Å². The summed E-state index contributed by atoms with van der Waals surface area (Å²) >= 11 is 1.56. The van der Waals surface area contributed by atoms with Crippen molar-refractivity contribution in [3.63, 3.8) is 0 Å². The number of anilines is 2. The SMILES string of the molecule is Cc1nc(N[C@H](C)C2CC2)nc(N[C@@]2(O)CC[C@H](CO)[C@H]2O)c1-c1nc2c(C3CC3)nccc2s1. The fraction of sp³-hybridized carbons (Fsp3) is 0.600. The van der Waals surface area contributed by atoms with Crippen molar-refractivity contribution in [3.8, 4) is 10.6 Å². The monoisotopic (exact) mass is 496 g/mol. The van der Waals surface area contributed by atoms with Crippen molar-refractivity contribution in [1.82, 2.24) is 19.9 Å². The second-order valence-corrected chi connectivity index (χ2v) is 11.5. The summed E-state index contributed by atoms with van der Waals surface area (Å²) in [5.41, 5.74) is 1.82. The quantitative estimate of drug-likeness (QED) is 0.297. The zero-order valence-corrected chi connectivity index (χ0v) is 20.8. The maximum Gasteiger partial charge on any atom is 0.225 e. The van der Waals surface area contributed by atoms with E-state index in [1.165, 1.54) is 12.8 Å². The zero-order valence-electron chi connectivity index (χ0n) is 20.0. The molecule has 10 heteroatoms. The average molecular weight is 497 g/mol. The van der Waals surface area contributed by atoms with Crippen molar-refractivity contribution < 1.29 is 15.3 Å². The van der Waals surface area contributed by atoms with Gasteiger partial charge in [-0.15, -0.1) is 11.3 Å². The standard InChI is InChI=1S/C25H32N6O3S/c1-12(14-3-4-14)27-24-28-13(2)18(22(30-24)31-25(34)9-7-16(11-32)21(25)33)23-29-20-17(35-23)8-10-26-19(20)15-5-6-15/h8,10,12,14-16,21,32-34H,3-7,9,11H2,1-2H3,(H2,27,28,30,31)/t12-,16-,21-,25-/m1/s1. The molecule has 0 saturated heterocycles. The van der Waals surface area contributed by atoms with Gasteiger partial charge in [0.25, 0.3) is 0 Å². The molecule has 0 bridgehead atoms. The normalized spacial score (nSPS) is 27.3. The first-order chi connectivity index (χ1) is 16.9. The fourth-order valence-electron chi connectivity index (χ4n) is 5.17. The summed E-state index contributed by atoms with van der Waals surface area (Å²) in [5, 5.41) is 39.0. The van der Waals surface area contributed by atoms with E-state index in [4.69, 9.17) is 15.0 Å². The Balaban J connectivity index is 1.43. The molecule has 3 heterocycles. The van der Waals surface area contributed by atoms with E-state index in [1.54, 1.807) is 11.3 Å². The maximum absolute atomic E-state index is 11.3. The second kappa shape index (κ2) is 8.62. The van der Waals surface area contributed by atoms with E-state index in [2.05, 4.69) is 22.5 Å². The Morgan fingerprint density at radius 3 is 2.66 bits per heavy atom. The number of aryl methyl sites for hydroxylation is 1. The van der Waals surface area contributed by atoms with Crippen molar-refractivity contribution in [2.24, 2.45) is 11.8 Å². The molecule has 0 spiro atoms. The van der Waals surface area contributed by atoms with Gasteiger partial charge >= 0.3 is 0 Å². The highest BCUT2D eigenvalue weighted by Crippen LogP contribution is 2.45. The van der Waals surface area contributed by atoms with Gasteiger partial charge in [-0.05, 0) is 64.4 Å². The molecule has 35 heavy (non-hydrogen) atoms. The lowest BCUT2D eigenvalue weighted by atomic mass is 10.0. The number of nitrogens with one attached hydrogen (secondary N) is 2. The van der Waals surface area contributed by atoms with Gasteiger partial charge in [-0.1, -0.05) is 0 Å². The van der Waals surface area contributed by atoms with Gasteiger partial charge in [0, 0.05) is 30.7 Å². The Hall–Kier alpha value is -2.40. The molecular weight excluding hydrogens is 464 g/mol. The van der Waals surface area contributed by atoms with Gasteiger partial charge in [-0.3, -0.25) is 4.98 Å². The van der Waals surface area contributed by atoms with Crippen molar-refractivity contribution in [3.05, 3.63) is 23.7 Å². The summed E-state index contributed by atoms with van der Waals surface area (Å²) in [6.07, 6.45) is 6.25. The van der Waals surface area contributed by atoms with Crippen LogP contribution in [-0.2, 0) is 0 Å². The van der Waals surface area contributed by atoms with Crippen LogP contribution in [0.4, 0.5) is 11.8 Å². The number of hydrogen-bond donors (Lipinski definition) is 5. The number of fused-ring (bicyclic) bond motifs is 1. The van der Waals surface area contributed by atoms with Crippen LogP contribution >= 0.6 is 11.3 Å². The molecule has 3 aromatic rings. The molecule has 3 aliphatic rings. The second-order valence-electron chi connectivity index (χ2n) is 10.4. The first kappa shape index (κ1) is 23.0. The number of nitrogens with zero attached hydrogens (tertiary/aromatic N) is 4. The molecule has 0 aliphatic heterocycles. The number of aromatic nitrogens is 4. The van der Waals surface area contributed by atoms with Crippen LogP contribution in [0, 0.1) is 18.8 Å². The van der Waals surface area contributed by atoms with Gasteiger partial charge in [-0.2, -0.15) is 4.98 Å². The van der Waals surface area contributed by atoms with Crippen molar-refractivity contribution >= 4 is 33.3 Å². The molecule has 0 unspecified atom stereocenters. The van der Waals surface area contributed by atoms with Gasteiger partial charge in [0.05, 0.1) is 21.7 Å². The summed E-state index contributed by atoms with van der Waals surface area (Å²) in [5.74, 6) is 1.64. The molecule has 0 amide bonds. The molecule has 5 N–H and O–H groups in total. The lowest BCUT2D eigenvalue weighted by molar-refractivity contribution is -0.0545. The van der Waals surface area contributed by atoms with E-state index in [0.717, 1.165) is 39.5 Å².